The molecule has 28 heavy (non-hydrogen) atoms. The molecule has 4 nitrogen and oxygen atoms in total. The van der Waals surface area contributed by atoms with Crippen LogP contribution in [0.4, 0.5) is 0 Å². The highest BCUT2D eigenvalue weighted by Gasteiger charge is 2.22. The second-order valence-electron chi connectivity index (χ2n) is 8.12. The molecule has 156 valence electrons. The standard InChI is InChI=1S/C24H36O4/c1-3-4-5-6-19-7-9-20(10-8-19)21-11-13-22(14-12-21)23(16-26)17-28-24(27)18(2)15-25/h11-14,19-20,23,25-26H,2-10,15-17H2,1H3. The lowest BCUT2D eigenvalue weighted by molar-refractivity contribution is -0.140. The normalized spacial score (nSPS) is 20.5. The number of aliphatic hydroxyl groups excluding tert-OH is 2. The number of carbonyl (C=O) groups is 1. The molecule has 1 fully saturated rings. The van der Waals surface area contributed by atoms with E-state index >= 15 is 0 Å². The van der Waals surface area contributed by atoms with Gasteiger partial charge < -0.3 is 14.9 Å². The Labute approximate surface area is 169 Å². The van der Waals surface area contributed by atoms with E-state index in [9.17, 15) is 9.90 Å². The van der Waals surface area contributed by atoms with Crippen LogP contribution in [-0.4, -0.2) is 36.0 Å². The maximum Gasteiger partial charge on any atom is 0.335 e. The van der Waals surface area contributed by atoms with Gasteiger partial charge in [-0.05, 0) is 48.6 Å². The first-order chi connectivity index (χ1) is 13.6. The molecular formula is C24H36O4. The van der Waals surface area contributed by atoms with E-state index in [1.165, 1.54) is 56.9 Å². The number of esters is 1. The van der Waals surface area contributed by atoms with E-state index in [2.05, 4.69) is 25.6 Å². The van der Waals surface area contributed by atoms with Crippen LogP contribution in [0, 0.1) is 5.92 Å². The predicted octanol–water partition coefficient (Wildman–Crippen LogP) is 4.71. The van der Waals surface area contributed by atoms with E-state index in [1.807, 2.05) is 12.1 Å². The Hall–Kier alpha value is -1.65. The lowest BCUT2D eigenvalue weighted by atomic mass is 9.77. The monoisotopic (exact) mass is 388 g/mol. The lowest BCUT2D eigenvalue weighted by Gasteiger charge is -2.29. The molecule has 1 aliphatic rings. The number of carbonyl (C=O) groups excluding carboxylic acids is 1. The van der Waals surface area contributed by atoms with Crippen molar-refractivity contribution in [2.45, 2.75) is 70.1 Å². The minimum Gasteiger partial charge on any atom is -0.462 e. The molecule has 0 bridgehead atoms. The Bertz CT molecular complexity index is 600. The van der Waals surface area contributed by atoms with Crippen LogP contribution in [-0.2, 0) is 9.53 Å². The van der Waals surface area contributed by atoms with Crippen LogP contribution in [0.5, 0.6) is 0 Å². The fraction of sp³-hybridized carbons (Fsp3) is 0.625. The van der Waals surface area contributed by atoms with Gasteiger partial charge in [0.2, 0.25) is 0 Å². The molecule has 2 N–H and O–H groups in total. The van der Waals surface area contributed by atoms with Gasteiger partial charge in [0.15, 0.2) is 0 Å². The number of ether oxygens (including phenoxy) is 1. The summed E-state index contributed by atoms with van der Waals surface area (Å²) >= 11 is 0. The van der Waals surface area contributed by atoms with Crippen LogP contribution >= 0.6 is 0 Å². The van der Waals surface area contributed by atoms with Gasteiger partial charge >= 0.3 is 5.97 Å². The summed E-state index contributed by atoms with van der Waals surface area (Å²) < 4.78 is 5.14. The molecule has 1 saturated carbocycles. The van der Waals surface area contributed by atoms with Crippen molar-refractivity contribution in [3.8, 4) is 0 Å². The van der Waals surface area contributed by atoms with Crippen molar-refractivity contribution in [2.75, 3.05) is 19.8 Å². The minimum absolute atomic E-state index is 0.0253. The fourth-order valence-corrected chi connectivity index (χ4v) is 4.11. The average Bonchev–Trinajstić information content (AvgIpc) is 2.74. The summed E-state index contributed by atoms with van der Waals surface area (Å²) in [6.45, 7) is 5.28. The Kier molecular flexibility index (Phi) is 9.72. The highest BCUT2D eigenvalue weighted by atomic mass is 16.5. The number of rotatable bonds is 11. The molecule has 0 heterocycles. The molecule has 1 aliphatic carbocycles. The molecule has 0 spiro atoms. The summed E-state index contributed by atoms with van der Waals surface area (Å²) in [7, 11) is 0. The zero-order valence-electron chi connectivity index (χ0n) is 17.2. The summed E-state index contributed by atoms with van der Waals surface area (Å²) in [4.78, 5) is 11.6. The summed E-state index contributed by atoms with van der Waals surface area (Å²) in [6.07, 6.45) is 10.6. The molecular weight excluding hydrogens is 352 g/mol. The van der Waals surface area contributed by atoms with Gasteiger partial charge in [0.1, 0.15) is 6.61 Å². The van der Waals surface area contributed by atoms with Crippen molar-refractivity contribution in [2.24, 2.45) is 5.92 Å². The molecule has 0 amide bonds. The molecule has 0 aliphatic heterocycles. The molecule has 1 aromatic carbocycles. The lowest BCUT2D eigenvalue weighted by Crippen LogP contribution is -2.18. The average molecular weight is 389 g/mol. The Morgan fingerprint density at radius 1 is 1.14 bits per heavy atom. The number of benzene rings is 1. The van der Waals surface area contributed by atoms with Gasteiger partial charge in [-0.2, -0.15) is 0 Å². The van der Waals surface area contributed by atoms with Gasteiger partial charge in [0, 0.05) is 5.92 Å². The molecule has 1 atom stereocenters. The van der Waals surface area contributed by atoms with Crippen molar-refractivity contribution in [1.29, 1.82) is 0 Å². The third-order valence-electron chi connectivity index (χ3n) is 6.06. The van der Waals surface area contributed by atoms with Gasteiger partial charge in [-0.1, -0.05) is 63.5 Å². The summed E-state index contributed by atoms with van der Waals surface area (Å²) in [5, 5.41) is 18.6. The maximum absolute atomic E-state index is 11.6. The zero-order chi connectivity index (χ0) is 20.4. The van der Waals surface area contributed by atoms with E-state index in [4.69, 9.17) is 9.84 Å². The molecule has 1 unspecified atom stereocenters. The van der Waals surface area contributed by atoms with E-state index in [0.717, 1.165) is 11.5 Å². The topological polar surface area (TPSA) is 66.8 Å². The quantitative estimate of drug-likeness (QED) is 0.327. The Morgan fingerprint density at radius 2 is 1.82 bits per heavy atom. The molecule has 0 saturated heterocycles. The van der Waals surface area contributed by atoms with Gasteiger partial charge in [-0.15, -0.1) is 0 Å². The molecule has 1 aromatic rings. The molecule has 0 radical (unpaired) electrons. The number of hydrogen-bond donors (Lipinski definition) is 2. The number of unbranched alkanes of at least 4 members (excludes halogenated alkanes) is 2. The van der Waals surface area contributed by atoms with Crippen LogP contribution < -0.4 is 0 Å². The van der Waals surface area contributed by atoms with Crippen LogP contribution in [0.15, 0.2) is 36.4 Å². The SMILES string of the molecule is C=C(CO)C(=O)OCC(CO)c1ccc(C2CCC(CCCCC)CC2)cc1. The third kappa shape index (κ3) is 6.75. The number of aliphatic hydroxyl groups is 2. The van der Waals surface area contributed by atoms with E-state index < -0.39 is 12.6 Å². The molecule has 4 heteroatoms. The second kappa shape index (κ2) is 12.0. The fourth-order valence-electron chi connectivity index (χ4n) is 4.11. The van der Waals surface area contributed by atoms with Crippen molar-refractivity contribution in [3.63, 3.8) is 0 Å². The van der Waals surface area contributed by atoms with Crippen molar-refractivity contribution >= 4 is 5.97 Å². The van der Waals surface area contributed by atoms with Crippen molar-refractivity contribution in [3.05, 3.63) is 47.5 Å². The Morgan fingerprint density at radius 3 is 2.39 bits per heavy atom. The third-order valence-corrected chi connectivity index (χ3v) is 6.06. The maximum atomic E-state index is 11.6. The number of hydrogen-bond acceptors (Lipinski definition) is 4. The van der Waals surface area contributed by atoms with Crippen molar-refractivity contribution in [1.82, 2.24) is 0 Å². The summed E-state index contributed by atoms with van der Waals surface area (Å²) in [5.74, 6) is 0.658. The van der Waals surface area contributed by atoms with Crippen LogP contribution in [0.3, 0.4) is 0 Å². The van der Waals surface area contributed by atoms with Gasteiger partial charge in [0.05, 0.1) is 18.8 Å². The first-order valence-electron chi connectivity index (χ1n) is 10.8. The van der Waals surface area contributed by atoms with Crippen LogP contribution in [0.2, 0.25) is 0 Å². The minimum atomic E-state index is -0.617. The predicted molar refractivity (Wildman–Crippen MR) is 112 cm³/mol. The first kappa shape index (κ1) is 22.6. The largest absolute Gasteiger partial charge is 0.462 e. The van der Waals surface area contributed by atoms with E-state index in [-0.39, 0.29) is 24.7 Å². The molecule has 0 aromatic heterocycles. The van der Waals surface area contributed by atoms with Gasteiger partial charge in [-0.25, -0.2) is 4.79 Å². The van der Waals surface area contributed by atoms with Gasteiger partial charge in [0.25, 0.3) is 0 Å². The highest BCUT2D eigenvalue weighted by molar-refractivity contribution is 5.87. The Balaban J connectivity index is 1.85. The summed E-state index contributed by atoms with van der Waals surface area (Å²) in [5.41, 5.74) is 2.36. The van der Waals surface area contributed by atoms with E-state index in [0.29, 0.717) is 5.92 Å². The second-order valence-corrected chi connectivity index (χ2v) is 8.12. The van der Waals surface area contributed by atoms with Crippen LogP contribution in [0.25, 0.3) is 0 Å². The summed E-state index contributed by atoms with van der Waals surface area (Å²) in [6, 6.07) is 8.40. The molecule has 2 rings (SSSR count). The smallest absolute Gasteiger partial charge is 0.335 e. The highest BCUT2D eigenvalue weighted by Crippen LogP contribution is 2.38. The van der Waals surface area contributed by atoms with E-state index in [1.54, 1.807) is 0 Å². The van der Waals surface area contributed by atoms with Crippen molar-refractivity contribution < 1.29 is 19.7 Å². The zero-order valence-corrected chi connectivity index (χ0v) is 17.2. The first-order valence-corrected chi connectivity index (χ1v) is 10.8. The van der Waals surface area contributed by atoms with Crippen LogP contribution in [0.1, 0.15) is 81.3 Å². The van der Waals surface area contributed by atoms with Gasteiger partial charge in [-0.3, -0.25) is 0 Å².